The zero-order valence-electron chi connectivity index (χ0n) is 15.0. The van der Waals surface area contributed by atoms with E-state index >= 15 is 0 Å². The van der Waals surface area contributed by atoms with E-state index in [1.54, 1.807) is 29.2 Å². The average Bonchev–Trinajstić information content (AvgIpc) is 3.23. The largest absolute Gasteiger partial charge is 0.342 e. The molecule has 7 nitrogen and oxygen atoms in total. The van der Waals surface area contributed by atoms with Crippen LogP contribution in [0.4, 0.5) is 0 Å². The molecule has 2 aliphatic heterocycles. The second kappa shape index (κ2) is 7.27. The Labute approximate surface area is 152 Å². The van der Waals surface area contributed by atoms with Crippen molar-refractivity contribution in [1.29, 1.82) is 0 Å². The Morgan fingerprint density at radius 2 is 1.58 bits per heavy atom. The van der Waals surface area contributed by atoms with E-state index in [-0.39, 0.29) is 18.4 Å². The van der Waals surface area contributed by atoms with Crippen molar-refractivity contribution in [1.82, 2.24) is 15.1 Å². The zero-order valence-corrected chi connectivity index (χ0v) is 15.0. The van der Waals surface area contributed by atoms with Gasteiger partial charge in [0.15, 0.2) is 0 Å². The Balaban J connectivity index is 1.67. The molecular formula is C19H23N3O4. The molecule has 1 aromatic rings. The van der Waals surface area contributed by atoms with E-state index in [1.807, 2.05) is 13.8 Å². The first-order valence-electron chi connectivity index (χ1n) is 8.93. The van der Waals surface area contributed by atoms with Crippen molar-refractivity contribution >= 4 is 23.6 Å². The summed E-state index contributed by atoms with van der Waals surface area (Å²) in [6.45, 7) is 4.75. The van der Waals surface area contributed by atoms with Gasteiger partial charge in [0.05, 0.1) is 11.1 Å². The van der Waals surface area contributed by atoms with E-state index < -0.39 is 23.8 Å². The molecule has 1 aromatic carbocycles. The molecule has 0 aliphatic carbocycles. The number of imide groups is 1. The maximum atomic E-state index is 12.6. The molecule has 1 atom stereocenters. The minimum Gasteiger partial charge on any atom is -0.342 e. The molecule has 0 spiro atoms. The molecule has 0 saturated carbocycles. The maximum absolute atomic E-state index is 12.6. The van der Waals surface area contributed by atoms with Gasteiger partial charge in [-0.25, -0.2) is 0 Å². The quantitative estimate of drug-likeness (QED) is 0.798. The Hall–Kier alpha value is -2.70. The van der Waals surface area contributed by atoms with Gasteiger partial charge < -0.3 is 10.2 Å². The third-order valence-electron chi connectivity index (χ3n) is 4.85. The molecule has 3 rings (SSSR count). The number of benzene rings is 1. The molecule has 0 bridgehead atoms. The summed E-state index contributed by atoms with van der Waals surface area (Å²) >= 11 is 0. The van der Waals surface area contributed by atoms with E-state index in [2.05, 4.69) is 5.32 Å². The maximum Gasteiger partial charge on any atom is 0.262 e. The molecule has 1 N–H and O–H groups in total. The van der Waals surface area contributed by atoms with Crippen molar-refractivity contribution in [2.45, 2.75) is 32.7 Å². The van der Waals surface area contributed by atoms with Gasteiger partial charge in [-0.1, -0.05) is 26.0 Å². The lowest BCUT2D eigenvalue weighted by Gasteiger charge is -2.27. The van der Waals surface area contributed by atoms with Crippen molar-refractivity contribution in [3.63, 3.8) is 0 Å². The van der Waals surface area contributed by atoms with Crippen LogP contribution in [0.1, 0.15) is 47.4 Å². The molecule has 2 aliphatic rings. The zero-order chi connectivity index (χ0) is 18.8. The summed E-state index contributed by atoms with van der Waals surface area (Å²) < 4.78 is 0. The Bertz CT molecular complexity index is 718. The second-order valence-corrected chi connectivity index (χ2v) is 7.06. The molecule has 26 heavy (non-hydrogen) atoms. The van der Waals surface area contributed by atoms with Crippen LogP contribution in [0, 0.1) is 5.92 Å². The Morgan fingerprint density at radius 3 is 2.08 bits per heavy atom. The summed E-state index contributed by atoms with van der Waals surface area (Å²) in [5.41, 5.74) is 0.609. The monoisotopic (exact) mass is 357 g/mol. The predicted molar refractivity (Wildman–Crippen MR) is 94.4 cm³/mol. The molecule has 0 unspecified atom stereocenters. The number of rotatable bonds is 5. The van der Waals surface area contributed by atoms with Crippen molar-refractivity contribution in [3.05, 3.63) is 35.4 Å². The van der Waals surface area contributed by atoms with Gasteiger partial charge in [0, 0.05) is 13.1 Å². The van der Waals surface area contributed by atoms with Crippen molar-refractivity contribution < 1.29 is 19.2 Å². The van der Waals surface area contributed by atoms with Crippen molar-refractivity contribution in [3.8, 4) is 0 Å². The lowest BCUT2D eigenvalue weighted by atomic mass is 10.0. The number of fused-ring (bicyclic) bond motifs is 1. The Morgan fingerprint density at radius 1 is 1.04 bits per heavy atom. The fourth-order valence-electron chi connectivity index (χ4n) is 3.39. The number of hydrogen-bond acceptors (Lipinski definition) is 4. The van der Waals surface area contributed by atoms with Gasteiger partial charge >= 0.3 is 0 Å². The first-order valence-corrected chi connectivity index (χ1v) is 8.93. The molecule has 0 radical (unpaired) electrons. The average molecular weight is 357 g/mol. The molecule has 138 valence electrons. The molecule has 2 heterocycles. The van der Waals surface area contributed by atoms with E-state index in [9.17, 15) is 19.2 Å². The highest BCUT2D eigenvalue weighted by atomic mass is 16.2. The SMILES string of the molecule is CC(C)[C@@H](NC(=O)CN1C(=O)c2ccccc2C1=O)C(=O)N1CCCC1. The summed E-state index contributed by atoms with van der Waals surface area (Å²) in [4.78, 5) is 52.5. The first kappa shape index (κ1) is 18.1. The van der Waals surface area contributed by atoms with Crippen LogP contribution >= 0.6 is 0 Å². The minimum atomic E-state index is -0.657. The van der Waals surface area contributed by atoms with E-state index in [0.717, 1.165) is 17.7 Å². The van der Waals surface area contributed by atoms with E-state index in [1.165, 1.54) is 0 Å². The van der Waals surface area contributed by atoms with Gasteiger partial charge in [0.2, 0.25) is 11.8 Å². The van der Waals surface area contributed by atoms with E-state index in [4.69, 9.17) is 0 Å². The molecule has 4 amide bonds. The van der Waals surface area contributed by atoms with Crippen LogP contribution in [0.15, 0.2) is 24.3 Å². The van der Waals surface area contributed by atoms with Gasteiger partial charge in [-0.05, 0) is 30.9 Å². The third-order valence-corrected chi connectivity index (χ3v) is 4.85. The number of amides is 4. The summed E-state index contributed by atoms with van der Waals surface area (Å²) in [7, 11) is 0. The minimum absolute atomic E-state index is 0.0887. The fourth-order valence-corrected chi connectivity index (χ4v) is 3.39. The van der Waals surface area contributed by atoms with Gasteiger partial charge in [-0.2, -0.15) is 0 Å². The van der Waals surface area contributed by atoms with Gasteiger partial charge in [0.1, 0.15) is 12.6 Å². The van der Waals surface area contributed by atoms with Crippen molar-refractivity contribution in [2.24, 2.45) is 5.92 Å². The highest BCUT2D eigenvalue weighted by Crippen LogP contribution is 2.22. The van der Waals surface area contributed by atoms with Gasteiger partial charge in [-0.3, -0.25) is 24.1 Å². The first-order chi connectivity index (χ1) is 12.4. The molecule has 0 aromatic heterocycles. The summed E-state index contributed by atoms with van der Waals surface area (Å²) in [5.74, 6) is -1.66. The number of nitrogens with zero attached hydrogens (tertiary/aromatic N) is 2. The van der Waals surface area contributed by atoms with Crippen LogP contribution in [0.5, 0.6) is 0 Å². The van der Waals surface area contributed by atoms with Crippen LogP contribution in [0.3, 0.4) is 0 Å². The molecule has 1 saturated heterocycles. The van der Waals surface area contributed by atoms with Gasteiger partial charge in [0.25, 0.3) is 11.8 Å². The predicted octanol–water partition coefficient (Wildman–Crippen LogP) is 1.05. The summed E-state index contributed by atoms with van der Waals surface area (Å²) in [6.07, 6.45) is 1.94. The summed E-state index contributed by atoms with van der Waals surface area (Å²) in [5, 5.41) is 2.71. The number of carbonyl (C=O) groups is 4. The third kappa shape index (κ3) is 3.34. The molecular weight excluding hydrogens is 334 g/mol. The van der Waals surface area contributed by atoms with Crippen LogP contribution in [0.25, 0.3) is 0 Å². The van der Waals surface area contributed by atoms with Crippen LogP contribution in [0.2, 0.25) is 0 Å². The second-order valence-electron chi connectivity index (χ2n) is 7.06. The lowest BCUT2D eigenvalue weighted by molar-refractivity contribution is -0.136. The van der Waals surface area contributed by atoms with Crippen LogP contribution in [-0.4, -0.2) is 59.1 Å². The lowest BCUT2D eigenvalue weighted by Crippen LogP contribution is -2.53. The topological polar surface area (TPSA) is 86.8 Å². The standard InChI is InChI=1S/C19H23N3O4/c1-12(2)16(19(26)21-9-5-6-10-21)20-15(23)11-22-17(24)13-7-3-4-8-14(13)18(22)25/h3-4,7-8,12,16H,5-6,9-11H2,1-2H3,(H,20,23)/t16-/m1/s1. The Kier molecular flexibility index (Phi) is 5.06. The number of nitrogens with one attached hydrogen (secondary N) is 1. The van der Waals surface area contributed by atoms with Crippen LogP contribution in [-0.2, 0) is 9.59 Å². The van der Waals surface area contributed by atoms with Crippen LogP contribution < -0.4 is 5.32 Å². The molecule has 7 heteroatoms. The fraction of sp³-hybridized carbons (Fsp3) is 0.474. The summed E-state index contributed by atoms with van der Waals surface area (Å²) in [6, 6.07) is 5.84. The van der Waals surface area contributed by atoms with Gasteiger partial charge in [-0.15, -0.1) is 0 Å². The number of carbonyl (C=O) groups excluding carboxylic acids is 4. The number of likely N-dealkylation sites (tertiary alicyclic amines) is 1. The number of hydrogen-bond donors (Lipinski definition) is 1. The smallest absolute Gasteiger partial charge is 0.262 e. The van der Waals surface area contributed by atoms with Crippen molar-refractivity contribution in [2.75, 3.05) is 19.6 Å². The normalized spacial score (nSPS) is 17.7. The molecule has 1 fully saturated rings. The highest BCUT2D eigenvalue weighted by Gasteiger charge is 2.37. The highest BCUT2D eigenvalue weighted by molar-refractivity contribution is 6.22. The van der Waals surface area contributed by atoms with E-state index in [0.29, 0.717) is 24.2 Å².